The second-order valence-corrected chi connectivity index (χ2v) is 6.89. The van der Waals surface area contributed by atoms with Gasteiger partial charge in [-0.25, -0.2) is 0 Å². The van der Waals surface area contributed by atoms with Crippen LogP contribution in [0.1, 0.15) is 42.4 Å². The third-order valence-electron chi connectivity index (χ3n) is 4.42. The van der Waals surface area contributed by atoms with Crippen LogP contribution in [0.4, 0.5) is 0 Å². The Labute approximate surface area is 148 Å². The highest BCUT2D eigenvalue weighted by molar-refractivity contribution is 5.76. The van der Waals surface area contributed by atoms with Gasteiger partial charge in [0.25, 0.3) is 0 Å². The van der Waals surface area contributed by atoms with Crippen LogP contribution >= 0.6 is 0 Å². The molecule has 134 valence electrons. The van der Waals surface area contributed by atoms with Gasteiger partial charge in [-0.1, -0.05) is 0 Å². The van der Waals surface area contributed by atoms with Crippen molar-refractivity contribution in [3.8, 4) is 0 Å². The molecule has 3 heterocycles. The van der Waals surface area contributed by atoms with Crippen LogP contribution < -0.4 is 0 Å². The third-order valence-corrected chi connectivity index (χ3v) is 4.42. The number of carbonyl (C=O) groups is 1. The number of hydrogen-bond donors (Lipinski definition) is 0. The minimum absolute atomic E-state index is 0.0430. The first-order chi connectivity index (χ1) is 12.0. The number of carbonyl (C=O) groups excluding carboxylic acids is 1. The Kier molecular flexibility index (Phi) is 5.43. The van der Waals surface area contributed by atoms with E-state index in [9.17, 15) is 4.79 Å². The summed E-state index contributed by atoms with van der Waals surface area (Å²) in [6.45, 7) is 4.11. The van der Waals surface area contributed by atoms with E-state index in [1.54, 1.807) is 12.4 Å². The van der Waals surface area contributed by atoms with Gasteiger partial charge in [-0.2, -0.15) is 5.10 Å². The van der Waals surface area contributed by atoms with E-state index in [-0.39, 0.29) is 11.9 Å². The molecule has 1 unspecified atom stereocenters. The Bertz CT molecular complexity index is 726. The van der Waals surface area contributed by atoms with Gasteiger partial charge in [-0.3, -0.25) is 19.4 Å². The summed E-state index contributed by atoms with van der Waals surface area (Å²) in [5.41, 5.74) is 2.81. The first kappa shape index (κ1) is 17.5. The molecule has 0 saturated carbocycles. The lowest BCUT2D eigenvalue weighted by molar-refractivity contribution is -0.132. The minimum atomic E-state index is 0.0430. The van der Waals surface area contributed by atoms with E-state index in [1.165, 1.54) is 0 Å². The van der Waals surface area contributed by atoms with Gasteiger partial charge in [0, 0.05) is 38.4 Å². The van der Waals surface area contributed by atoms with Crippen molar-refractivity contribution in [1.29, 1.82) is 0 Å². The van der Waals surface area contributed by atoms with E-state index in [2.05, 4.69) is 15.0 Å². The van der Waals surface area contributed by atoms with Crippen molar-refractivity contribution in [2.75, 3.05) is 20.6 Å². The van der Waals surface area contributed by atoms with Crippen LogP contribution in [-0.2, 0) is 17.9 Å². The fourth-order valence-corrected chi connectivity index (χ4v) is 3.30. The van der Waals surface area contributed by atoms with Crippen molar-refractivity contribution in [2.45, 2.75) is 45.3 Å². The van der Waals surface area contributed by atoms with Crippen LogP contribution in [0, 0.1) is 6.92 Å². The van der Waals surface area contributed by atoms with Gasteiger partial charge < -0.3 is 9.80 Å². The molecule has 1 amide bonds. The summed E-state index contributed by atoms with van der Waals surface area (Å²) in [6, 6.07) is 2.00. The molecule has 3 rings (SSSR count). The van der Waals surface area contributed by atoms with E-state index in [0.717, 1.165) is 43.0 Å². The van der Waals surface area contributed by atoms with Crippen molar-refractivity contribution < 1.29 is 4.79 Å². The number of aromatic nitrogens is 4. The molecule has 7 heteroatoms. The number of amides is 1. The minimum Gasteiger partial charge on any atom is -0.334 e. The van der Waals surface area contributed by atoms with Crippen LogP contribution in [0.5, 0.6) is 0 Å². The zero-order valence-corrected chi connectivity index (χ0v) is 15.2. The molecule has 0 radical (unpaired) electrons. The lowest BCUT2D eigenvalue weighted by Crippen LogP contribution is -2.32. The normalized spacial score (nSPS) is 17.4. The van der Waals surface area contributed by atoms with E-state index in [0.29, 0.717) is 13.0 Å². The summed E-state index contributed by atoms with van der Waals surface area (Å²) in [7, 11) is 4.02. The van der Waals surface area contributed by atoms with Gasteiger partial charge in [0.05, 0.1) is 29.3 Å². The van der Waals surface area contributed by atoms with Gasteiger partial charge in [-0.05, 0) is 39.9 Å². The SMILES string of the molecule is Cc1ccn(CCC(=O)N2CCCC2c2cncc(CN(C)C)n2)n1. The molecule has 1 atom stereocenters. The third kappa shape index (κ3) is 4.42. The topological polar surface area (TPSA) is 67.2 Å². The number of aryl methyl sites for hydroxylation is 2. The lowest BCUT2D eigenvalue weighted by atomic mass is 10.1. The van der Waals surface area contributed by atoms with Gasteiger partial charge >= 0.3 is 0 Å². The molecule has 1 saturated heterocycles. The van der Waals surface area contributed by atoms with Gasteiger partial charge in [0.15, 0.2) is 0 Å². The summed E-state index contributed by atoms with van der Waals surface area (Å²) in [4.78, 5) is 25.8. The van der Waals surface area contributed by atoms with Gasteiger partial charge in [-0.15, -0.1) is 0 Å². The molecule has 2 aromatic rings. The van der Waals surface area contributed by atoms with Gasteiger partial charge in [0.2, 0.25) is 5.91 Å². The second-order valence-electron chi connectivity index (χ2n) is 6.89. The van der Waals surface area contributed by atoms with E-state index >= 15 is 0 Å². The first-order valence-electron chi connectivity index (χ1n) is 8.78. The van der Waals surface area contributed by atoms with Crippen molar-refractivity contribution in [3.05, 3.63) is 41.7 Å². The Morgan fingerprint density at radius 1 is 1.36 bits per heavy atom. The summed E-state index contributed by atoms with van der Waals surface area (Å²) in [5.74, 6) is 0.162. The van der Waals surface area contributed by atoms with Crippen molar-refractivity contribution >= 4 is 5.91 Å². The van der Waals surface area contributed by atoms with E-state index < -0.39 is 0 Å². The summed E-state index contributed by atoms with van der Waals surface area (Å²) < 4.78 is 1.83. The fourth-order valence-electron chi connectivity index (χ4n) is 3.30. The number of hydrogen-bond acceptors (Lipinski definition) is 5. The van der Waals surface area contributed by atoms with E-state index in [4.69, 9.17) is 4.98 Å². The average Bonchev–Trinajstić information content (AvgIpc) is 3.21. The fraction of sp³-hybridized carbons (Fsp3) is 0.556. The predicted molar refractivity (Wildman–Crippen MR) is 94.7 cm³/mol. The summed E-state index contributed by atoms with van der Waals surface area (Å²) >= 11 is 0. The Hall–Kier alpha value is -2.28. The van der Waals surface area contributed by atoms with Crippen LogP contribution in [0.15, 0.2) is 24.7 Å². The van der Waals surface area contributed by atoms with Crippen molar-refractivity contribution in [2.24, 2.45) is 0 Å². The standard InChI is InChI=1S/C18H26N6O/c1-14-6-9-23(21-14)10-7-18(25)24-8-4-5-17(24)16-12-19-11-15(20-16)13-22(2)3/h6,9,11-12,17H,4-5,7-8,10,13H2,1-3H3. The first-order valence-corrected chi connectivity index (χ1v) is 8.78. The summed E-state index contributed by atoms with van der Waals surface area (Å²) in [5, 5.41) is 4.34. The molecule has 0 N–H and O–H groups in total. The zero-order valence-electron chi connectivity index (χ0n) is 15.2. The maximum absolute atomic E-state index is 12.7. The molecular formula is C18H26N6O. The quantitative estimate of drug-likeness (QED) is 0.801. The molecule has 0 aromatic carbocycles. The Morgan fingerprint density at radius 2 is 2.20 bits per heavy atom. The highest BCUT2D eigenvalue weighted by Crippen LogP contribution is 2.31. The van der Waals surface area contributed by atoms with Crippen LogP contribution in [0.25, 0.3) is 0 Å². The maximum Gasteiger partial charge on any atom is 0.225 e. The maximum atomic E-state index is 12.7. The molecule has 1 aliphatic rings. The molecule has 1 aliphatic heterocycles. The Morgan fingerprint density at radius 3 is 2.92 bits per heavy atom. The zero-order chi connectivity index (χ0) is 17.8. The summed E-state index contributed by atoms with van der Waals surface area (Å²) in [6.07, 6.45) is 7.93. The van der Waals surface area contributed by atoms with Crippen molar-refractivity contribution in [1.82, 2.24) is 29.5 Å². The van der Waals surface area contributed by atoms with Crippen LogP contribution in [0.2, 0.25) is 0 Å². The highest BCUT2D eigenvalue weighted by Gasteiger charge is 2.31. The average molecular weight is 342 g/mol. The number of likely N-dealkylation sites (tertiary alicyclic amines) is 1. The molecule has 0 spiro atoms. The largest absolute Gasteiger partial charge is 0.334 e. The van der Waals surface area contributed by atoms with E-state index in [1.807, 2.05) is 42.9 Å². The predicted octanol–water partition coefficient (Wildman–Crippen LogP) is 1.80. The second kappa shape index (κ2) is 7.74. The Balaban J connectivity index is 1.66. The monoisotopic (exact) mass is 342 g/mol. The lowest BCUT2D eigenvalue weighted by Gasteiger charge is -2.24. The number of rotatable bonds is 6. The molecule has 25 heavy (non-hydrogen) atoms. The molecule has 0 bridgehead atoms. The molecule has 1 fully saturated rings. The van der Waals surface area contributed by atoms with Crippen LogP contribution in [-0.4, -0.2) is 56.1 Å². The highest BCUT2D eigenvalue weighted by atomic mass is 16.2. The van der Waals surface area contributed by atoms with Crippen molar-refractivity contribution in [3.63, 3.8) is 0 Å². The molecule has 7 nitrogen and oxygen atoms in total. The molecule has 2 aromatic heterocycles. The molecule has 0 aliphatic carbocycles. The van der Waals surface area contributed by atoms with Gasteiger partial charge in [0.1, 0.15) is 0 Å². The molecular weight excluding hydrogens is 316 g/mol. The van der Waals surface area contributed by atoms with Crippen LogP contribution in [0.3, 0.4) is 0 Å². The number of nitrogens with zero attached hydrogens (tertiary/aromatic N) is 6. The smallest absolute Gasteiger partial charge is 0.225 e.